The van der Waals surface area contributed by atoms with Gasteiger partial charge >= 0.3 is 0 Å². The van der Waals surface area contributed by atoms with Gasteiger partial charge in [-0.15, -0.1) is 0 Å². The summed E-state index contributed by atoms with van der Waals surface area (Å²) in [6, 6.07) is 8.75. The number of hydrogen-bond acceptors (Lipinski definition) is 2. The van der Waals surface area contributed by atoms with E-state index in [1.54, 1.807) is 0 Å². The van der Waals surface area contributed by atoms with Crippen molar-refractivity contribution in [3.8, 4) is 0 Å². The molecule has 2 heteroatoms. The van der Waals surface area contributed by atoms with Crippen LogP contribution in [0, 0.1) is 5.92 Å². The van der Waals surface area contributed by atoms with Crippen LogP contribution >= 0.6 is 0 Å². The topological polar surface area (TPSA) is 21.3 Å². The summed E-state index contributed by atoms with van der Waals surface area (Å²) >= 11 is 0. The molecule has 0 fully saturated rings. The Bertz CT molecular complexity index is 349. The summed E-state index contributed by atoms with van der Waals surface area (Å²) in [5.74, 6) is 0.719. The molecule has 0 spiro atoms. The first-order valence-electron chi connectivity index (χ1n) is 7.29. The molecule has 0 heterocycles. The van der Waals surface area contributed by atoms with Crippen molar-refractivity contribution in [1.29, 1.82) is 0 Å². The number of hydrogen-bond donors (Lipinski definition) is 1. The fourth-order valence-electron chi connectivity index (χ4n) is 1.73. The van der Waals surface area contributed by atoms with Crippen molar-refractivity contribution < 1.29 is 4.74 Å². The normalized spacial score (nSPS) is 12.1. The van der Waals surface area contributed by atoms with Crippen LogP contribution in [0.15, 0.2) is 24.3 Å². The molecule has 1 aromatic carbocycles. The molecule has 1 rings (SSSR count). The second kappa shape index (κ2) is 7.66. The summed E-state index contributed by atoms with van der Waals surface area (Å²) < 4.78 is 5.77. The molecule has 2 nitrogen and oxygen atoms in total. The Hall–Kier alpha value is -0.860. The van der Waals surface area contributed by atoms with Gasteiger partial charge in [-0.25, -0.2) is 0 Å². The van der Waals surface area contributed by atoms with Crippen LogP contribution in [0.25, 0.3) is 0 Å². The molecular formula is C17H29NO. The second-order valence-electron chi connectivity index (χ2n) is 6.57. The van der Waals surface area contributed by atoms with Crippen molar-refractivity contribution in [2.75, 3.05) is 13.1 Å². The first kappa shape index (κ1) is 16.2. The Labute approximate surface area is 118 Å². The van der Waals surface area contributed by atoms with Crippen LogP contribution in [0.5, 0.6) is 0 Å². The lowest BCUT2D eigenvalue weighted by Gasteiger charge is -2.19. The van der Waals surface area contributed by atoms with Gasteiger partial charge in [0.25, 0.3) is 0 Å². The minimum atomic E-state index is -0.0700. The molecule has 0 aromatic heterocycles. The molecule has 1 aromatic rings. The van der Waals surface area contributed by atoms with Crippen molar-refractivity contribution in [1.82, 2.24) is 5.32 Å². The summed E-state index contributed by atoms with van der Waals surface area (Å²) in [4.78, 5) is 0. The van der Waals surface area contributed by atoms with Crippen molar-refractivity contribution in [2.45, 2.75) is 53.2 Å². The second-order valence-corrected chi connectivity index (χ2v) is 6.57. The SMILES string of the molecule is CC(C)CNCCc1ccc(COC(C)(C)C)cc1. The molecule has 0 saturated heterocycles. The van der Waals surface area contributed by atoms with Gasteiger partial charge in [-0.05, 0) is 57.3 Å². The van der Waals surface area contributed by atoms with Crippen molar-refractivity contribution >= 4 is 0 Å². The molecule has 0 aliphatic carbocycles. The Balaban J connectivity index is 2.31. The van der Waals surface area contributed by atoms with Gasteiger partial charge in [0.2, 0.25) is 0 Å². The molecule has 0 amide bonds. The van der Waals surface area contributed by atoms with Gasteiger partial charge < -0.3 is 10.1 Å². The summed E-state index contributed by atoms with van der Waals surface area (Å²) in [7, 11) is 0. The lowest BCUT2D eigenvalue weighted by molar-refractivity contribution is -0.0149. The van der Waals surface area contributed by atoms with E-state index in [4.69, 9.17) is 4.74 Å². The fraction of sp³-hybridized carbons (Fsp3) is 0.647. The molecule has 0 radical (unpaired) electrons. The number of ether oxygens (including phenoxy) is 1. The average Bonchev–Trinajstić information content (AvgIpc) is 2.32. The lowest BCUT2D eigenvalue weighted by atomic mass is 10.1. The Kier molecular flexibility index (Phi) is 6.53. The predicted octanol–water partition coefficient (Wildman–Crippen LogP) is 3.79. The zero-order chi connectivity index (χ0) is 14.3. The molecule has 0 aliphatic rings. The standard InChI is InChI=1S/C17H29NO/c1-14(2)12-18-11-10-15-6-8-16(9-7-15)13-19-17(3,4)5/h6-9,14,18H,10-13H2,1-5H3. The summed E-state index contributed by atoms with van der Waals surface area (Å²) in [6.07, 6.45) is 1.09. The molecule has 0 aliphatic heterocycles. The van der Waals surface area contributed by atoms with Crippen LogP contribution in [-0.2, 0) is 17.8 Å². The Morgan fingerprint density at radius 1 is 1.05 bits per heavy atom. The Morgan fingerprint density at radius 3 is 2.16 bits per heavy atom. The van der Waals surface area contributed by atoms with Gasteiger partial charge in [0, 0.05) is 0 Å². The van der Waals surface area contributed by atoms with Gasteiger partial charge in [-0.1, -0.05) is 38.1 Å². The third-order valence-electron chi connectivity index (χ3n) is 2.84. The van der Waals surface area contributed by atoms with E-state index in [0.717, 1.165) is 25.4 Å². The smallest absolute Gasteiger partial charge is 0.0724 e. The predicted molar refractivity (Wildman–Crippen MR) is 82.4 cm³/mol. The zero-order valence-corrected chi connectivity index (χ0v) is 13.1. The summed E-state index contributed by atoms with van der Waals surface area (Å²) in [6.45, 7) is 13.6. The highest BCUT2D eigenvalue weighted by Gasteiger charge is 2.09. The van der Waals surface area contributed by atoms with Crippen molar-refractivity contribution in [3.05, 3.63) is 35.4 Å². The monoisotopic (exact) mass is 263 g/mol. The van der Waals surface area contributed by atoms with Crippen molar-refractivity contribution in [2.24, 2.45) is 5.92 Å². The summed E-state index contributed by atoms with van der Waals surface area (Å²) in [5, 5.41) is 3.47. The van der Waals surface area contributed by atoms with Crippen LogP contribution in [0.1, 0.15) is 45.7 Å². The van der Waals surface area contributed by atoms with Crippen molar-refractivity contribution in [3.63, 3.8) is 0 Å². The molecular weight excluding hydrogens is 234 g/mol. The Morgan fingerprint density at radius 2 is 1.63 bits per heavy atom. The highest BCUT2D eigenvalue weighted by Crippen LogP contribution is 2.12. The first-order valence-corrected chi connectivity index (χ1v) is 7.29. The molecule has 0 bridgehead atoms. The number of nitrogens with one attached hydrogen (secondary N) is 1. The zero-order valence-electron chi connectivity index (χ0n) is 13.1. The van der Waals surface area contributed by atoms with Crippen LogP contribution in [-0.4, -0.2) is 18.7 Å². The van der Waals surface area contributed by atoms with E-state index >= 15 is 0 Å². The van der Waals surface area contributed by atoms with Crippen LogP contribution in [0.3, 0.4) is 0 Å². The van der Waals surface area contributed by atoms with Gasteiger partial charge in [-0.2, -0.15) is 0 Å². The molecule has 0 saturated carbocycles. The third kappa shape index (κ3) is 8.02. The van der Waals surface area contributed by atoms with Gasteiger partial charge in [0.05, 0.1) is 12.2 Å². The molecule has 0 unspecified atom stereocenters. The largest absolute Gasteiger partial charge is 0.371 e. The molecule has 1 N–H and O–H groups in total. The van der Waals surface area contributed by atoms with E-state index in [2.05, 4.69) is 64.2 Å². The van der Waals surface area contributed by atoms with Gasteiger partial charge in [0.15, 0.2) is 0 Å². The van der Waals surface area contributed by atoms with E-state index in [0.29, 0.717) is 6.61 Å². The lowest BCUT2D eigenvalue weighted by Crippen LogP contribution is -2.22. The first-order chi connectivity index (χ1) is 8.87. The van der Waals surface area contributed by atoms with E-state index in [-0.39, 0.29) is 5.60 Å². The number of benzene rings is 1. The molecule has 19 heavy (non-hydrogen) atoms. The summed E-state index contributed by atoms with van der Waals surface area (Å²) in [5.41, 5.74) is 2.56. The van der Waals surface area contributed by atoms with Gasteiger partial charge in [0.1, 0.15) is 0 Å². The number of rotatable bonds is 7. The van der Waals surface area contributed by atoms with Crippen LogP contribution in [0.4, 0.5) is 0 Å². The maximum atomic E-state index is 5.77. The minimum absolute atomic E-state index is 0.0700. The highest BCUT2D eigenvalue weighted by atomic mass is 16.5. The third-order valence-corrected chi connectivity index (χ3v) is 2.84. The maximum Gasteiger partial charge on any atom is 0.0724 e. The average molecular weight is 263 g/mol. The molecule has 0 atom stereocenters. The fourth-order valence-corrected chi connectivity index (χ4v) is 1.73. The quantitative estimate of drug-likeness (QED) is 0.756. The molecule has 108 valence electrons. The minimum Gasteiger partial charge on any atom is -0.371 e. The van der Waals surface area contributed by atoms with E-state index in [1.165, 1.54) is 11.1 Å². The maximum absolute atomic E-state index is 5.77. The van der Waals surface area contributed by atoms with E-state index in [1.807, 2.05) is 0 Å². The highest BCUT2D eigenvalue weighted by molar-refractivity contribution is 5.22. The van der Waals surface area contributed by atoms with Crippen LogP contribution < -0.4 is 5.32 Å². The van der Waals surface area contributed by atoms with E-state index in [9.17, 15) is 0 Å². The van der Waals surface area contributed by atoms with Crippen LogP contribution in [0.2, 0.25) is 0 Å². The van der Waals surface area contributed by atoms with E-state index < -0.39 is 0 Å². The van der Waals surface area contributed by atoms with Gasteiger partial charge in [-0.3, -0.25) is 0 Å².